The van der Waals surface area contributed by atoms with Crippen LogP contribution in [0.3, 0.4) is 0 Å². The molecule has 0 radical (unpaired) electrons. The average Bonchev–Trinajstić information content (AvgIpc) is 2.99. The fourth-order valence-electron chi connectivity index (χ4n) is 2.94. The van der Waals surface area contributed by atoms with Crippen LogP contribution >= 0.6 is 0 Å². The minimum absolute atomic E-state index is 0. The van der Waals surface area contributed by atoms with Gasteiger partial charge in [0, 0.05) is 0 Å². The molecule has 0 aliphatic heterocycles. The molecular formula is C20H14Cl2CrN. The number of halogens is 2. The minimum atomic E-state index is -0.237. The number of fused-ring (bicyclic) bond motifs is 1. The summed E-state index contributed by atoms with van der Waals surface area (Å²) >= 11 is 3.36. The van der Waals surface area contributed by atoms with Crippen LogP contribution < -0.4 is 24.8 Å². The van der Waals surface area contributed by atoms with E-state index in [1.807, 2.05) is 18.3 Å². The molecular weight excluding hydrogens is 377 g/mol. The number of allylic oxidation sites excluding steroid dienone is 4. The van der Waals surface area contributed by atoms with Crippen LogP contribution in [0.5, 0.6) is 0 Å². The van der Waals surface area contributed by atoms with Gasteiger partial charge in [0.1, 0.15) is 0 Å². The van der Waals surface area contributed by atoms with Crippen LogP contribution in [-0.2, 0) is 20.6 Å². The van der Waals surface area contributed by atoms with Crippen molar-refractivity contribution < 1.29 is 41.1 Å². The molecule has 4 heteroatoms. The Bertz CT molecular complexity index is 900. The molecule has 1 nitrogen and oxygen atoms in total. The number of rotatable bonds is 2. The molecule has 0 saturated carbocycles. The van der Waals surface area contributed by atoms with Gasteiger partial charge in [-0.2, -0.15) is 0 Å². The van der Waals surface area contributed by atoms with E-state index in [-0.39, 0.29) is 29.1 Å². The maximum atomic E-state index is 4.59. The fourth-order valence-corrected chi connectivity index (χ4v) is 3.50. The number of pyridine rings is 1. The first kappa shape index (κ1) is 18.8. The van der Waals surface area contributed by atoms with Crippen LogP contribution in [0, 0.1) is 0 Å². The average molecular weight is 391 g/mol. The second-order valence-corrected chi connectivity index (χ2v) is 6.53. The first-order valence-electron chi connectivity index (χ1n) is 7.28. The normalized spacial score (nSPS) is 18.5. The van der Waals surface area contributed by atoms with Gasteiger partial charge >= 0.3 is 138 Å². The van der Waals surface area contributed by atoms with E-state index >= 15 is 0 Å². The molecule has 0 bridgehead atoms. The summed E-state index contributed by atoms with van der Waals surface area (Å²) in [5.41, 5.74) is 4.74. The zero-order chi connectivity index (χ0) is 15.0. The zero-order valence-corrected chi connectivity index (χ0v) is 15.5. The second kappa shape index (κ2) is 7.55. The third-order valence-corrected chi connectivity index (χ3v) is 4.78. The van der Waals surface area contributed by atoms with E-state index < -0.39 is 0 Å². The summed E-state index contributed by atoms with van der Waals surface area (Å²) in [6, 6.07) is 20.9. The molecule has 1 atom stereocenters. The third kappa shape index (κ3) is 3.29. The van der Waals surface area contributed by atoms with Gasteiger partial charge < -0.3 is 24.8 Å². The molecule has 0 saturated heterocycles. The summed E-state index contributed by atoms with van der Waals surface area (Å²) in [5, 5.41) is 1.17. The van der Waals surface area contributed by atoms with Crippen LogP contribution in [0.1, 0.15) is 11.1 Å². The van der Waals surface area contributed by atoms with Gasteiger partial charge in [-0.3, -0.25) is 0 Å². The number of aromatic nitrogens is 1. The van der Waals surface area contributed by atoms with Gasteiger partial charge in [0.05, 0.1) is 0 Å². The number of benzene rings is 2. The van der Waals surface area contributed by atoms with Gasteiger partial charge in [0.15, 0.2) is 0 Å². The van der Waals surface area contributed by atoms with Crippen molar-refractivity contribution >= 4 is 16.5 Å². The molecule has 1 aromatic heterocycles. The Labute approximate surface area is 162 Å². The Morgan fingerprint density at radius 1 is 0.833 bits per heavy atom. The van der Waals surface area contributed by atoms with Gasteiger partial charge in [0.25, 0.3) is 0 Å². The number of para-hydroxylation sites is 1. The van der Waals surface area contributed by atoms with E-state index in [0.717, 1.165) is 5.52 Å². The molecule has 3 aromatic rings. The SMILES string of the molecule is [Cl-].[Cl-].[Cr+2][C]1(c2cccc3cccnc23)C=CC(c2ccccc2)=C1. The van der Waals surface area contributed by atoms with E-state index in [1.165, 1.54) is 22.1 Å². The van der Waals surface area contributed by atoms with Crippen LogP contribution in [0.2, 0.25) is 0 Å². The molecule has 119 valence electrons. The molecule has 24 heavy (non-hydrogen) atoms. The predicted molar refractivity (Wildman–Crippen MR) is 87.0 cm³/mol. The zero-order valence-electron chi connectivity index (χ0n) is 12.7. The Hall–Kier alpha value is -1.56. The van der Waals surface area contributed by atoms with E-state index in [0.29, 0.717) is 0 Å². The standard InChI is InChI=1S/C20H14N.2ClH.Cr/c1-2-6-15(7-3-1)17-11-12-18(14-17)19-10-4-8-16-9-5-13-21-20(16)19;;;/h1-14H;2*1H;/q;;;+2/p-2. The van der Waals surface area contributed by atoms with Crippen LogP contribution in [0.4, 0.5) is 0 Å². The summed E-state index contributed by atoms with van der Waals surface area (Å²) < 4.78 is -0.237. The quantitative estimate of drug-likeness (QED) is 0.526. The molecule has 1 aliphatic carbocycles. The van der Waals surface area contributed by atoms with Crippen LogP contribution in [0.15, 0.2) is 85.1 Å². The number of hydrogen-bond donors (Lipinski definition) is 0. The second-order valence-electron chi connectivity index (χ2n) is 5.47. The molecule has 0 fully saturated rings. The number of nitrogens with zero attached hydrogens (tertiary/aromatic N) is 1. The molecule has 1 aliphatic rings. The van der Waals surface area contributed by atoms with E-state index in [1.54, 1.807) is 0 Å². The topological polar surface area (TPSA) is 12.9 Å². The van der Waals surface area contributed by atoms with Gasteiger partial charge in [0.2, 0.25) is 0 Å². The molecule has 2 aromatic carbocycles. The van der Waals surface area contributed by atoms with Crippen molar-refractivity contribution in [3.8, 4) is 0 Å². The van der Waals surface area contributed by atoms with E-state index in [2.05, 4.69) is 88.0 Å². The van der Waals surface area contributed by atoms with Crippen molar-refractivity contribution in [2.75, 3.05) is 0 Å². The third-order valence-electron chi connectivity index (χ3n) is 4.04. The molecule has 0 amide bonds. The molecule has 0 N–H and O–H groups in total. The van der Waals surface area contributed by atoms with Gasteiger partial charge in [-0.15, -0.1) is 0 Å². The van der Waals surface area contributed by atoms with Crippen molar-refractivity contribution in [1.82, 2.24) is 4.98 Å². The first-order chi connectivity index (χ1) is 10.8. The fraction of sp³-hybridized carbons (Fsp3) is 0.0500. The summed E-state index contributed by atoms with van der Waals surface area (Å²) in [5.74, 6) is 0. The van der Waals surface area contributed by atoms with E-state index in [9.17, 15) is 0 Å². The first-order valence-corrected chi connectivity index (χ1v) is 7.92. The summed E-state index contributed by atoms with van der Waals surface area (Å²) in [4.78, 5) is 4.59. The Morgan fingerprint density at radius 2 is 1.58 bits per heavy atom. The molecule has 1 heterocycles. The predicted octanol–water partition coefficient (Wildman–Crippen LogP) is -1.36. The maximum absolute atomic E-state index is 4.59. The van der Waals surface area contributed by atoms with Gasteiger partial charge in [-0.1, -0.05) is 0 Å². The summed E-state index contributed by atoms with van der Waals surface area (Å²) in [6.07, 6.45) is 8.55. The van der Waals surface area contributed by atoms with Gasteiger partial charge in [-0.05, 0) is 0 Å². The van der Waals surface area contributed by atoms with Crippen molar-refractivity contribution in [1.29, 1.82) is 0 Å². The van der Waals surface area contributed by atoms with Crippen molar-refractivity contribution in [2.24, 2.45) is 0 Å². The van der Waals surface area contributed by atoms with Crippen molar-refractivity contribution in [3.05, 3.63) is 96.2 Å². The van der Waals surface area contributed by atoms with Crippen molar-refractivity contribution in [2.45, 2.75) is 4.28 Å². The Morgan fingerprint density at radius 3 is 2.38 bits per heavy atom. The van der Waals surface area contributed by atoms with Gasteiger partial charge in [-0.25, -0.2) is 0 Å². The Balaban J connectivity index is 0.00000104. The van der Waals surface area contributed by atoms with Crippen molar-refractivity contribution in [3.63, 3.8) is 0 Å². The molecule has 1 unspecified atom stereocenters. The number of hydrogen-bond acceptors (Lipinski definition) is 1. The van der Waals surface area contributed by atoms with Crippen LogP contribution in [0.25, 0.3) is 16.5 Å². The molecule has 4 rings (SSSR count). The summed E-state index contributed by atoms with van der Waals surface area (Å²) in [7, 11) is 0. The Kier molecular flexibility index (Phi) is 5.91. The summed E-state index contributed by atoms with van der Waals surface area (Å²) in [6.45, 7) is 0. The molecule has 0 spiro atoms. The van der Waals surface area contributed by atoms with E-state index in [4.69, 9.17) is 0 Å². The van der Waals surface area contributed by atoms with Crippen LogP contribution in [-0.4, -0.2) is 4.98 Å². The monoisotopic (exact) mass is 390 g/mol.